The summed E-state index contributed by atoms with van der Waals surface area (Å²) in [7, 11) is 0. The summed E-state index contributed by atoms with van der Waals surface area (Å²) < 4.78 is 1.89. The lowest BCUT2D eigenvalue weighted by Gasteiger charge is -2.35. The molecule has 1 aliphatic heterocycles. The molecule has 112 valence electrons. The summed E-state index contributed by atoms with van der Waals surface area (Å²) in [4.78, 5) is 4.72. The van der Waals surface area contributed by atoms with Gasteiger partial charge >= 0.3 is 0 Å². The standard InChI is InChI=1S/C17H19N5/c1-10-7-13-14(8-11(10)2)22-15(19)12(9-18)17(5-3-4-6-17)21-16(22)20-13/h7-8H,3-6,19H2,1-2H3,(H,20,21). The average Bonchev–Trinajstić information content (AvgIpc) is 3.05. The molecule has 2 heterocycles. The van der Waals surface area contributed by atoms with E-state index < -0.39 is 0 Å². The van der Waals surface area contributed by atoms with Crippen LogP contribution in [0.15, 0.2) is 17.7 Å². The van der Waals surface area contributed by atoms with E-state index in [-0.39, 0.29) is 5.54 Å². The van der Waals surface area contributed by atoms with E-state index in [4.69, 9.17) is 10.7 Å². The lowest BCUT2D eigenvalue weighted by molar-refractivity contribution is 0.558. The maximum Gasteiger partial charge on any atom is 0.210 e. The van der Waals surface area contributed by atoms with Crippen molar-refractivity contribution in [1.82, 2.24) is 9.55 Å². The molecule has 0 unspecified atom stereocenters. The van der Waals surface area contributed by atoms with Crippen molar-refractivity contribution in [2.45, 2.75) is 45.1 Å². The molecule has 0 saturated heterocycles. The number of hydrogen-bond acceptors (Lipinski definition) is 4. The molecule has 1 saturated carbocycles. The third kappa shape index (κ3) is 1.55. The second-order valence-corrected chi connectivity index (χ2v) is 6.48. The summed E-state index contributed by atoms with van der Waals surface area (Å²) in [5.74, 6) is 1.29. The van der Waals surface area contributed by atoms with Gasteiger partial charge in [-0.05, 0) is 49.9 Å². The van der Waals surface area contributed by atoms with Crippen LogP contribution in [0.1, 0.15) is 36.8 Å². The first-order chi connectivity index (χ1) is 10.6. The summed E-state index contributed by atoms with van der Waals surface area (Å²) in [6.07, 6.45) is 4.11. The van der Waals surface area contributed by atoms with E-state index in [9.17, 15) is 5.26 Å². The van der Waals surface area contributed by atoms with Gasteiger partial charge in [0.25, 0.3) is 0 Å². The zero-order chi connectivity index (χ0) is 15.5. The van der Waals surface area contributed by atoms with Crippen LogP contribution in [0.2, 0.25) is 0 Å². The van der Waals surface area contributed by atoms with Gasteiger partial charge in [-0.25, -0.2) is 4.98 Å². The van der Waals surface area contributed by atoms with E-state index in [0.717, 1.165) is 42.7 Å². The summed E-state index contributed by atoms with van der Waals surface area (Å²) >= 11 is 0. The highest BCUT2D eigenvalue weighted by Crippen LogP contribution is 2.44. The zero-order valence-electron chi connectivity index (χ0n) is 12.9. The van der Waals surface area contributed by atoms with Gasteiger partial charge in [0.05, 0.1) is 22.1 Å². The number of anilines is 1. The van der Waals surface area contributed by atoms with E-state index in [1.165, 1.54) is 11.1 Å². The number of fused-ring (bicyclic) bond motifs is 3. The molecular weight excluding hydrogens is 274 g/mol. The molecule has 1 spiro atoms. The largest absolute Gasteiger partial charge is 0.384 e. The van der Waals surface area contributed by atoms with Gasteiger partial charge in [0.2, 0.25) is 5.95 Å². The van der Waals surface area contributed by atoms with E-state index >= 15 is 0 Å². The van der Waals surface area contributed by atoms with Crippen molar-refractivity contribution < 1.29 is 0 Å². The van der Waals surface area contributed by atoms with Crippen LogP contribution in [0.3, 0.4) is 0 Å². The van der Waals surface area contributed by atoms with Crippen LogP contribution in [0.4, 0.5) is 5.95 Å². The maximum atomic E-state index is 9.66. The highest BCUT2D eigenvalue weighted by atomic mass is 15.3. The lowest BCUT2D eigenvalue weighted by atomic mass is 9.87. The SMILES string of the molecule is Cc1cc2nc3n(c2cc1C)C(N)=C(C#N)C1(CCCC1)N3. The molecule has 22 heavy (non-hydrogen) atoms. The van der Waals surface area contributed by atoms with E-state index in [2.05, 4.69) is 37.4 Å². The Morgan fingerprint density at radius 2 is 1.95 bits per heavy atom. The van der Waals surface area contributed by atoms with Crippen molar-refractivity contribution in [3.63, 3.8) is 0 Å². The normalized spacial score (nSPS) is 19.3. The number of benzene rings is 1. The van der Waals surface area contributed by atoms with E-state index in [1.54, 1.807) is 0 Å². The second kappa shape index (κ2) is 4.26. The number of nitriles is 1. The molecule has 3 N–H and O–H groups in total. The van der Waals surface area contributed by atoms with Crippen molar-refractivity contribution in [1.29, 1.82) is 5.26 Å². The number of aryl methyl sites for hydroxylation is 2. The molecule has 0 radical (unpaired) electrons. The molecule has 1 aromatic carbocycles. The minimum absolute atomic E-state index is 0.319. The smallest absolute Gasteiger partial charge is 0.210 e. The van der Waals surface area contributed by atoms with Gasteiger partial charge in [0.15, 0.2) is 0 Å². The van der Waals surface area contributed by atoms with Crippen molar-refractivity contribution in [2.75, 3.05) is 5.32 Å². The fourth-order valence-corrected chi connectivity index (χ4v) is 3.81. The Balaban J connectivity index is 2.02. The molecule has 2 aliphatic rings. The topological polar surface area (TPSA) is 79.7 Å². The van der Waals surface area contributed by atoms with Gasteiger partial charge in [-0.3, -0.25) is 4.57 Å². The van der Waals surface area contributed by atoms with Crippen LogP contribution in [-0.4, -0.2) is 15.1 Å². The summed E-state index contributed by atoms with van der Waals surface area (Å²) in [6.45, 7) is 4.16. The van der Waals surface area contributed by atoms with Crippen LogP contribution in [0.25, 0.3) is 16.9 Å². The number of hydrogen-bond donors (Lipinski definition) is 2. The summed E-state index contributed by atoms with van der Waals surface area (Å²) in [5.41, 5.74) is 11.0. The maximum absolute atomic E-state index is 9.66. The number of nitrogens with two attached hydrogens (primary N) is 1. The molecule has 5 heteroatoms. The Morgan fingerprint density at radius 1 is 1.27 bits per heavy atom. The third-order valence-corrected chi connectivity index (χ3v) is 5.17. The van der Waals surface area contributed by atoms with Crippen molar-refractivity contribution in [3.05, 3.63) is 28.8 Å². The van der Waals surface area contributed by atoms with Crippen molar-refractivity contribution in [3.8, 4) is 6.07 Å². The molecule has 5 nitrogen and oxygen atoms in total. The molecule has 0 bridgehead atoms. The molecule has 2 aromatic rings. The van der Waals surface area contributed by atoms with Gasteiger partial charge in [0, 0.05) is 0 Å². The first-order valence-corrected chi connectivity index (χ1v) is 7.74. The average molecular weight is 293 g/mol. The van der Waals surface area contributed by atoms with Gasteiger partial charge in [-0.1, -0.05) is 12.8 Å². The Labute approximate surface area is 129 Å². The first-order valence-electron chi connectivity index (χ1n) is 7.74. The molecule has 0 atom stereocenters. The van der Waals surface area contributed by atoms with Gasteiger partial charge in [0.1, 0.15) is 11.9 Å². The fourth-order valence-electron chi connectivity index (χ4n) is 3.81. The number of rotatable bonds is 0. The monoisotopic (exact) mass is 293 g/mol. The summed E-state index contributed by atoms with van der Waals surface area (Å²) in [5, 5.41) is 13.2. The van der Waals surface area contributed by atoms with Crippen LogP contribution < -0.4 is 11.1 Å². The van der Waals surface area contributed by atoms with Crippen LogP contribution >= 0.6 is 0 Å². The Morgan fingerprint density at radius 3 is 2.64 bits per heavy atom. The molecule has 1 aliphatic carbocycles. The number of imidazole rings is 1. The van der Waals surface area contributed by atoms with Gasteiger partial charge in [-0.15, -0.1) is 0 Å². The van der Waals surface area contributed by atoms with Gasteiger partial charge in [-0.2, -0.15) is 5.26 Å². The van der Waals surface area contributed by atoms with Crippen LogP contribution in [0.5, 0.6) is 0 Å². The van der Waals surface area contributed by atoms with E-state index in [0.29, 0.717) is 11.4 Å². The Hall–Kier alpha value is -2.48. The Bertz CT molecular complexity index is 859. The number of aromatic nitrogens is 2. The third-order valence-electron chi connectivity index (χ3n) is 5.17. The fraction of sp³-hybridized carbons (Fsp3) is 0.412. The predicted octanol–water partition coefficient (Wildman–Crippen LogP) is 3.04. The van der Waals surface area contributed by atoms with Crippen LogP contribution in [-0.2, 0) is 0 Å². The molecule has 0 amide bonds. The number of nitrogens with zero attached hydrogens (tertiary/aromatic N) is 3. The highest BCUT2D eigenvalue weighted by Gasteiger charge is 2.44. The second-order valence-electron chi connectivity index (χ2n) is 6.48. The van der Waals surface area contributed by atoms with Gasteiger partial charge < -0.3 is 11.1 Å². The van der Waals surface area contributed by atoms with Crippen LogP contribution in [0, 0.1) is 25.2 Å². The molecular formula is C17H19N5. The van der Waals surface area contributed by atoms with Crippen molar-refractivity contribution in [2.24, 2.45) is 5.73 Å². The molecule has 4 rings (SSSR count). The predicted molar refractivity (Wildman–Crippen MR) is 87.0 cm³/mol. The minimum Gasteiger partial charge on any atom is -0.384 e. The number of nitrogens with one attached hydrogen (secondary N) is 1. The molecule has 1 aromatic heterocycles. The first kappa shape index (κ1) is 13.2. The molecule has 1 fully saturated rings. The van der Waals surface area contributed by atoms with Crippen molar-refractivity contribution >= 4 is 22.8 Å². The Kier molecular flexibility index (Phi) is 2.56. The zero-order valence-corrected chi connectivity index (χ0v) is 12.9. The van der Waals surface area contributed by atoms with E-state index in [1.807, 2.05) is 4.57 Å². The highest BCUT2D eigenvalue weighted by molar-refractivity contribution is 5.87. The summed E-state index contributed by atoms with van der Waals surface area (Å²) in [6, 6.07) is 6.53. The lowest BCUT2D eigenvalue weighted by Crippen LogP contribution is -2.43. The quantitative estimate of drug-likeness (QED) is 0.782. The minimum atomic E-state index is -0.319.